The van der Waals surface area contributed by atoms with Gasteiger partial charge in [-0.1, -0.05) is 19.6 Å². The highest BCUT2D eigenvalue weighted by atomic mass is 28.3. The molecule has 1 amide bonds. The number of imidazole rings is 1. The molecule has 0 atom stereocenters. The zero-order valence-electron chi connectivity index (χ0n) is 21.4. The van der Waals surface area contributed by atoms with E-state index >= 15 is 0 Å². The molecule has 11 heteroatoms. The minimum absolute atomic E-state index is 0.105. The molecule has 1 N–H and O–H groups in total. The maximum Gasteiger partial charge on any atom is 0.275 e. The van der Waals surface area contributed by atoms with Gasteiger partial charge in [-0.05, 0) is 31.4 Å². The first kappa shape index (κ1) is 25.8. The molecular weight excluding hydrogens is 476 g/mol. The summed E-state index contributed by atoms with van der Waals surface area (Å²) in [6.45, 7) is 8.30. The summed E-state index contributed by atoms with van der Waals surface area (Å²) in [4.78, 5) is 34.9. The van der Waals surface area contributed by atoms with E-state index in [0.29, 0.717) is 43.4 Å². The van der Waals surface area contributed by atoms with Crippen molar-refractivity contribution in [2.24, 2.45) is 7.05 Å². The molecule has 0 radical (unpaired) electrons. The van der Waals surface area contributed by atoms with Crippen molar-refractivity contribution in [2.75, 3.05) is 18.5 Å². The lowest BCUT2D eigenvalue weighted by Gasteiger charge is -2.16. The Morgan fingerprint density at radius 2 is 2.00 bits per heavy atom. The standard InChI is InChI=1S/C25H34N6O4Si/c1-30-15-19-23(29-30)21(32)8-6-5-7-11-35-22-14-18(9-10-26-22)24-27-20(25(33)28-19)16-31(24)17-34-12-13-36(2,3)4/h9-10,14-16H,5-8,11-13,17H2,1-4H3,(H,28,33). The van der Waals surface area contributed by atoms with Gasteiger partial charge in [0, 0.05) is 58.4 Å². The summed E-state index contributed by atoms with van der Waals surface area (Å²) in [5.74, 6) is 0.540. The van der Waals surface area contributed by atoms with Gasteiger partial charge in [-0.3, -0.25) is 14.3 Å². The van der Waals surface area contributed by atoms with Gasteiger partial charge in [0.1, 0.15) is 18.2 Å². The molecular formula is C25H34N6O4Si. The molecule has 0 fully saturated rings. The number of anilines is 1. The van der Waals surface area contributed by atoms with Gasteiger partial charge in [-0.2, -0.15) is 5.10 Å². The number of ether oxygens (including phenoxy) is 2. The number of amides is 1. The quantitative estimate of drug-likeness (QED) is 0.400. The second kappa shape index (κ2) is 11.2. The van der Waals surface area contributed by atoms with Crippen LogP contribution in [0.15, 0.2) is 30.7 Å². The van der Waals surface area contributed by atoms with Crippen molar-refractivity contribution in [2.45, 2.75) is 58.1 Å². The number of hydrogen-bond acceptors (Lipinski definition) is 7. The van der Waals surface area contributed by atoms with E-state index < -0.39 is 14.0 Å². The summed E-state index contributed by atoms with van der Waals surface area (Å²) in [5.41, 5.74) is 1.63. The van der Waals surface area contributed by atoms with Gasteiger partial charge in [0.05, 0.1) is 12.3 Å². The number of pyridine rings is 1. The second-order valence-electron chi connectivity index (χ2n) is 10.3. The molecule has 0 spiro atoms. The Hall–Kier alpha value is -3.31. The molecule has 36 heavy (non-hydrogen) atoms. The van der Waals surface area contributed by atoms with Crippen LogP contribution < -0.4 is 10.1 Å². The first-order chi connectivity index (χ1) is 17.2. The largest absolute Gasteiger partial charge is 0.478 e. The summed E-state index contributed by atoms with van der Waals surface area (Å²) in [6, 6.07) is 4.69. The predicted molar refractivity (Wildman–Crippen MR) is 139 cm³/mol. The molecule has 0 aromatic carbocycles. The lowest BCUT2D eigenvalue weighted by molar-refractivity contribution is 0.0881. The average Bonchev–Trinajstić information content (AvgIpc) is 3.41. The van der Waals surface area contributed by atoms with Gasteiger partial charge in [0.15, 0.2) is 11.5 Å². The number of nitrogens with zero attached hydrogens (tertiary/aromatic N) is 5. The fourth-order valence-corrected chi connectivity index (χ4v) is 4.61. The van der Waals surface area contributed by atoms with Gasteiger partial charge >= 0.3 is 0 Å². The van der Waals surface area contributed by atoms with E-state index in [9.17, 15) is 9.59 Å². The number of ketones is 1. The Balaban J connectivity index is 1.66. The molecule has 0 saturated heterocycles. The predicted octanol–water partition coefficient (Wildman–Crippen LogP) is 4.38. The minimum Gasteiger partial charge on any atom is -0.478 e. The average molecular weight is 511 g/mol. The Labute approximate surface area is 212 Å². The van der Waals surface area contributed by atoms with Crippen LogP contribution in [0.5, 0.6) is 5.88 Å². The lowest BCUT2D eigenvalue weighted by Crippen LogP contribution is -2.22. The Bertz CT molecular complexity index is 1230. The van der Waals surface area contributed by atoms with Crippen molar-refractivity contribution in [3.63, 3.8) is 0 Å². The van der Waals surface area contributed by atoms with Gasteiger partial charge in [-0.15, -0.1) is 0 Å². The highest BCUT2D eigenvalue weighted by Gasteiger charge is 2.22. The first-order valence-electron chi connectivity index (χ1n) is 12.3. The molecule has 4 rings (SSSR count). The van der Waals surface area contributed by atoms with Crippen LogP contribution in [-0.2, 0) is 18.5 Å². The second-order valence-corrected chi connectivity index (χ2v) is 15.9. The summed E-state index contributed by atoms with van der Waals surface area (Å²) >= 11 is 0. The van der Waals surface area contributed by atoms with Crippen LogP contribution in [0.25, 0.3) is 11.4 Å². The summed E-state index contributed by atoms with van der Waals surface area (Å²) in [7, 11) is 0.489. The zero-order chi connectivity index (χ0) is 25.7. The van der Waals surface area contributed by atoms with Crippen molar-refractivity contribution >= 4 is 25.5 Å². The van der Waals surface area contributed by atoms with E-state index in [1.165, 1.54) is 4.68 Å². The van der Waals surface area contributed by atoms with E-state index in [4.69, 9.17) is 9.47 Å². The fraction of sp³-hybridized carbons (Fsp3) is 0.480. The highest BCUT2D eigenvalue weighted by Crippen LogP contribution is 2.24. The van der Waals surface area contributed by atoms with E-state index in [0.717, 1.165) is 24.4 Å². The van der Waals surface area contributed by atoms with Crippen LogP contribution in [0.2, 0.25) is 25.7 Å². The summed E-state index contributed by atoms with van der Waals surface area (Å²) in [6.07, 6.45) is 7.67. The maximum atomic E-state index is 13.2. The van der Waals surface area contributed by atoms with Crippen molar-refractivity contribution in [1.82, 2.24) is 24.3 Å². The lowest BCUT2D eigenvalue weighted by atomic mass is 10.1. The number of nitrogens with one attached hydrogen (secondary N) is 1. The number of hydrogen-bond donors (Lipinski definition) is 1. The number of carbonyl (C=O) groups is 2. The molecule has 0 saturated carbocycles. The number of rotatable bonds is 5. The van der Waals surface area contributed by atoms with Crippen molar-refractivity contribution < 1.29 is 19.1 Å². The van der Waals surface area contributed by atoms with Gasteiger partial charge in [0.25, 0.3) is 5.91 Å². The molecule has 192 valence electrons. The molecule has 3 aromatic heterocycles. The molecule has 10 nitrogen and oxygen atoms in total. The molecule has 0 unspecified atom stereocenters. The maximum absolute atomic E-state index is 13.2. The van der Waals surface area contributed by atoms with E-state index in [1.54, 1.807) is 25.6 Å². The number of aromatic nitrogens is 5. The van der Waals surface area contributed by atoms with Crippen molar-refractivity contribution in [3.05, 3.63) is 42.1 Å². The highest BCUT2D eigenvalue weighted by molar-refractivity contribution is 6.76. The zero-order valence-corrected chi connectivity index (χ0v) is 22.4. The molecule has 3 aromatic rings. The van der Waals surface area contributed by atoms with Crippen LogP contribution in [0, 0.1) is 0 Å². The molecule has 4 heterocycles. The molecule has 1 aliphatic rings. The number of Topliss-reactive ketones (excluding diaryl/α,β-unsaturated/α-hetero) is 1. The normalized spacial score (nSPS) is 15.1. The number of carbonyl (C=O) groups excluding carboxylic acids is 2. The number of fused-ring (bicyclic) bond motifs is 6. The topological polar surface area (TPSA) is 113 Å². The summed E-state index contributed by atoms with van der Waals surface area (Å²) < 4.78 is 15.2. The van der Waals surface area contributed by atoms with Crippen LogP contribution in [0.4, 0.5) is 5.69 Å². The molecule has 4 bridgehead atoms. The summed E-state index contributed by atoms with van der Waals surface area (Å²) in [5, 5.41) is 7.12. The van der Waals surface area contributed by atoms with E-state index in [2.05, 4.69) is 40.0 Å². The van der Waals surface area contributed by atoms with Crippen LogP contribution in [-0.4, -0.2) is 57.3 Å². The van der Waals surface area contributed by atoms with E-state index in [1.807, 2.05) is 16.7 Å². The van der Waals surface area contributed by atoms with Gasteiger partial charge in [-0.25, -0.2) is 9.97 Å². The van der Waals surface area contributed by atoms with E-state index in [-0.39, 0.29) is 23.9 Å². The van der Waals surface area contributed by atoms with Crippen LogP contribution >= 0.6 is 0 Å². The monoisotopic (exact) mass is 510 g/mol. The molecule has 0 aliphatic carbocycles. The van der Waals surface area contributed by atoms with Crippen molar-refractivity contribution in [1.29, 1.82) is 0 Å². The molecule has 1 aliphatic heterocycles. The SMILES string of the molecule is Cn1cc2c(n1)C(=O)CCCCCOc1cc(ccn1)-c1nc(cn1COCC[Si](C)(C)C)C(=O)N2. The fourth-order valence-electron chi connectivity index (χ4n) is 3.85. The smallest absolute Gasteiger partial charge is 0.275 e. The Morgan fingerprint density at radius 3 is 2.81 bits per heavy atom. The van der Waals surface area contributed by atoms with Gasteiger partial charge in [0.2, 0.25) is 5.88 Å². The third-order valence-electron chi connectivity index (χ3n) is 5.87. The minimum atomic E-state index is -1.23. The van der Waals surface area contributed by atoms with Gasteiger partial charge < -0.3 is 19.4 Å². The Morgan fingerprint density at radius 1 is 1.17 bits per heavy atom. The third-order valence-corrected chi connectivity index (χ3v) is 7.57. The number of aryl methyl sites for hydroxylation is 1. The Kier molecular flexibility index (Phi) is 8.00. The van der Waals surface area contributed by atoms with Crippen molar-refractivity contribution in [3.8, 4) is 17.3 Å². The third kappa shape index (κ3) is 6.67. The first-order valence-corrected chi connectivity index (χ1v) is 16.0. The van der Waals surface area contributed by atoms with Crippen LogP contribution in [0.3, 0.4) is 0 Å². The van der Waals surface area contributed by atoms with Crippen LogP contribution in [0.1, 0.15) is 46.7 Å².